The summed E-state index contributed by atoms with van der Waals surface area (Å²) in [6.07, 6.45) is 0.986. The molecule has 0 fully saturated rings. The molecule has 1 aromatic heterocycles. The van der Waals surface area contributed by atoms with Gasteiger partial charge in [0.2, 0.25) is 0 Å². The van der Waals surface area contributed by atoms with E-state index in [2.05, 4.69) is 54.5 Å². The van der Waals surface area contributed by atoms with Crippen molar-refractivity contribution in [3.63, 3.8) is 0 Å². The first-order valence-corrected chi connectivity index (χ1v) is 6.39. The number of hydrogen-bond donors (Lipinski definition) is 2. The second-order valence-electron chi connectivity index (χ2n) is 4.85. The number of aromatic amines is 1. The molecule has 2 aromatic rings. The van der Waals surface area contributed by atoms with Crippen LogP contribution < -0.4 is 5.32 Å². The average Bonchev–Trinajstić information content (AvgIpc) is 2.68. The smallest absolute Gasteiger partial charge is 0.0955 e. The fraction of sp³-hybridized carbons (Fsp3) is 0.400. The Morgan fingerprint density at radius 2 is 2.00 bits per heavy atom. The third-order valence-electron chi connectivity index (χ3n) is 3.37. The Bertz CT molecular complexity index is 541. The summed E-state index contributed by atoms with van der Waals surface area (Å²) in [5.74, 6) is 0. The summed E-state index contributed by atoms with van der Waals surface area (Å²) >= 11 is 0. The van der Waals surface area contributed by atoms with E-state index in [-0.39, 0.29) is 0 Å². The van der Waals surface area contributed by atoms with Crippen LogP contribution in [-0.2, 0) is 6.42 Å². The van der Waals surface area contributed by atoms with E-state index in [1.165, 1.54) is 27.9 Å². The van der Waals surface area contributed by atoms with Gasteiger partial charge in [-0.1, -0.05) is 23.8 Å². The fourth-order valence-corrected chi connectivity index (χ4v) is 2.27. The number of nitrogens with one attached hydrogen (secondary N) is 2. The van der Waals surface area contributed by atoms with Gasteiger partial charge >= 0.3 is 0 Å². The number of aromatic nitrogens is 2. The lowest BCUT2D eigenvalue weighted by atomic mass is 10.00. The van der Waals surface area contributed by atoms with Crippen molar-refractivity contribution >= 4 is 0 Å². The Balaban J connectivity index is 2.36. The molecular weight excluding hydrogens is 222 g/mol. The molecule has 0 radical (unpaired) electrons. The standard InChI is InChI=1S/C15H21N3/c1-10-5-6-13(11(2)9-10)15-12(3)14(17-18-15)7-8-16-4/h5-6,9,16H,7-8H2,1-4H3,(H,17,18). The van der Waals surface area contributed by atoms with Gasteiger partial charge in [0.25, 0.3) is 0 Å². The van der Waals surface area contributed by atoms with E-state index in [9.17, 15) is 0 Å². The van der Waals surface area contributed by atoms with Crippen molar-refractivity contribution < 1.29 is 0 Å². The quantitative estimate of drug-likeness (QED) is 0.867. The van der Waals surface area contributed by atoms with Gasteiger partial charge in [-0.05, 0) is 38.9 Å². The summed E-state index contributed by atoms with van der Waals surface area (Å²) in [6.45, 7) is 7.37. The first-order chi connectivity index (χ1) is 8.63. The molecule has 0 unspecified atom stereocenters. The van der Waals surface area contributed by atoms with E-state index in [4.69, 9.17) is 0 Å². The van der Waals surface area contributed by atoms with Crippen LogP contribution in [0.25, 0.3) is 11.3 Å². The van der Waals surface area contributed by atoms with E-state index in [0.29, 0.717) is 0 Å². The first-order valence-electron chi connectivity index (χ1n) is 6.39. The number of rotatable bonds is 4. The third-order valence-corrected chi connectivity index (χ3v) is 3.37. The Labute approximate surface area is 109 Å². The highest BCUT2D eigenvalue weighted by atomic mass is 15.1. The van der Waals surface area contributed by atoms with E-state index < -0.39 is 0 Å². The lowest BCUT2D eigenvalue weighted by Crippen LogP contribution is -2.11. The molecule has 96 valence electrons. The van der Waals surface area contributed by atoms with E-state index in [1.54, 1.807) is 0 Å². The van der Waals surface area contributed by atoms with Crippen LogP contribution in [0.5, 0.6) is 0 Å². The molecule has 0 aliphatic rings. The van der Waals surface area contributed by atoms with Crippen LogP contribution in [0.2, 0.25) is 0 Å². The third kappa shape index (κ3) is 2.46. The van der Waals surface area contributed by atoms with Crippen molar-refractivity contribution in [3.05, 3.63) is 40.6 Å². The molecule has 0 saturated carbocycles. The molecule has 3 nitrogen and oxygen atoms in total. The van der Waals surface area contributed by atoms with Crippen molar-refractivity contribution in [2.75, 3.05) is 13.6 Å². The second-order valence-corrected chi connectivity index (χ2v) is 4.85. The lowest BCUT2D eigenvalue weighted by Gasteiger charge is -2.05. The summed E-state index contributed by atoms with van der Waals surface area (Å²) in [5, 5.41) is 10.8. The number of likely N-dealkylation sites (N-methyl/N-ethyl adjacent to an activating group) is 1. The predicted octanol–water partition coefficient (Wildman–Crippen LogP) is 2.76. The second kappa shape index (κ2) is 5.36. The monoisotopic (exact) mass is 243 g/mol. The average molecular weight is 243 g/mol. The van der Waals surface area contributed by atoms with Gasteiger partial charge in [-0.2, -0.15) is 5.10 Å². The number of benzene rings is 1. The summed E-state index contributed by atoms with van der Waals surface area (Å²) in [4.78, 5) is 0. The molecule has 0 atom stereocenters. The Kier molecular flexibility index (Phi) is 3.82. The van der Waals surface area contributed by atoms with Gasteiger partial charge in [-0.3, -0.25) is 5.10 Å². The van der Waals surface area contributed by atoms with E-state index >= 15 is 0 Å². The largest absolute Gasteiger partial charge is 0.319 e. The molecule has 0 spiro atoms. The number of H-pyrrole nitrogens is 1. The molecule has 18 heavy (non-hydrogen) atoms. The van der Waals surface area contributed by atoms with Crippen LogP contribution in [0.4, 0.5) is 0 Å². The van der Waals surface area contributed by atoms with Gasteiger partial charge in [0.05, 0.1) is 5.69 Å². The Morgan fingerprint density at radius 3 is 2.67 bits per heavy atom. The van der Waals surface area contributed by atoms with Gasteiger partial charge < -0.3 is 5.32 Å². The van der Waals surface area contributed by atoms with Gasteiger partial charge in [0.15, 0.2) is 0 Å². The number of hydrogen-bond acceptors (Lipinski definition) is 2. The first kappa shape index (κ1) is 12.8. The number of nitrogens with zero attached hydrogens (tertiary/aromatic N) is 1. The van der Waals surface area contributed by atoms with Crippen molar-refractivity contribution in [2.24, 2.45) is 0 Å². The molecule has 0 aliphatic heterocycles. The molecule has 3 heteroatoms. The van der Waals surface area contributed by atoms with E-state index in [1.807, 2.05) is 7.05 Å². The van der Waals surface area contributed by atoms with Crippen molar-refractivity contribution in [3.8, 4) is 11.3 Å². The van der Waals surface area contributed by atoms with Crippen LogP contribution in [0.15, 0.2) is 18.2 Å². The molecule has 0 aliphatic carbocycles. The minimum absolute atomic E-state index is 0.968. The SMILES string of the molecule is CNCCc1[nH]nc(-c2ccc(C)cc2C)c1C. The molecule has 0 amide bonds. The summed E-state index contributed by atoms with van der Waals surface area (Å²) in [5.41, 5.74) is 7.37. The molecule has 0 bridgehead atoms. The van der Waals surface area contributed by atoms with Crippen LogP contribution in [0.1, 0.15) is 22.4 Å². The summed E-state index contributed by atoms with van der Waals surface area (Å²) < 4.78 is 0. The normalized spacial score (nSPS) is 10.9. The predicted molar refractivity (Wildman–Crippen MR) is 75.9 cm³/mol. The van der Waals surface area contributed by atoms with Crippen LogP contribution >= 0.6 is 0 Å². The van der Waals surface area contributed by atoms with Crippen molar-refractivity contribution in [2.45, 2.75) is 27.2 Å². The fourth-order valence-electron chi connectivity index (χ4n) is 2.27. The van der Waals surface area contributed by atoms with Crippen molar-refractivity contribution in [1.82, 2.24) is 15.5 Å². The Morgan fingerprint density at radius 1 is 1.22 bits per heavy atom. The Hall–Kier alpha value is -1.61. The zero-order valence-corrected chi connectivity index (χ0v) is 11.6. The minimum atomic E-state index is 0.968. The van der Waals surface area contributed by atoms with Crippen LogP contribution in [0, 0.1) is 20.8 Å². The lowest BCUT2D eigenvalue weighted by molar-refractivity contribution is 0.769. The minimum Gasteiger partial charge on any atom is -0.319 e. The van der Waals surface area contributed by atoms with Crippen molar-refractivity contribution in [1.29, 1.82) is 0 Å². The highest BCUT2D eigenvalue weighted by molar-refractivity contribution is 5.67. The van der Waals surface area contributed by atoms with Gasteiger partial charge in [-0.25, -0.2) is 0 Å². The highest BCUT2D eigenvalue weighted by Gasteiger charge is 2.12. The number of aryl methyl sites for hydroxylation is 2. The van der Waals surface area contributed by atoms with E-state index in [0.717, 1.165) is 18.7 Å². The van der Waals surface area contributed by atoms with Crippen LogP contribution in [0.3, 0.4) is 0 Å². The van der Waals surface area contributed by atoms with Crippen LogP contribution in [-0.4, -0.2) is 23.8 Å². The zero-order valence-electron chi connectivity index (χ0n) is 11.6. The molecule has 1 aromatic carbocycles. The highest BCUT2D eigenvalue weighted by Crippen LogP contribution is 2.26. The van der Waals surface area contributed by atoms with Gasteiger partial charge in [0, 0.05) is 24.2 Å². The molecule has 2 rings (SSSR count). The maximum Gasteiger partial charge on any atom is 0.0955 e. The summed E-state index contributed by atoms with van der Waals surface area (Å²) in [7, 11) is 1.97. The maximum absolute atomic E-state index is 4.48. The maximum atomic E-state index is 4.48. The molecular formula is C15H21N3. The topological polar surface area (TPSA) is 40.7 Å². The molecule has 2 N–H and O–H groups in total. The molecule has 0 saturated heterocycles. The zero-order chi connectivity index (χ0) is 13.1. The molecule has 1 heterocycles. The van der Waals surface area contributed by atoms with Gasteiger partial charge in [0.1, 0.15) is 0 Å². The van der Waals surface area contributed by atoms with Gasteiger partial charge in [-0.15, -0.1) is 0 Å². The summed E-state index contributed by atoms with van der Waals surface area (Å²) in [6, 6.07) is 6.51.